The van der Waals surface area contributed by atoms with Crippen LogP contribution in [0, 0.1) is 0 Å². The van der Waals surface area contributed by atoms with Crippen molar-refractivity contribution >= 4 is 29.3 Å². The molecule has 0 bridgehead atoms. The maximum absolute atomic E-state index is 12.5. The van der Waals surface area contributed by atoms with Gasteiger partial charge in [-0.25, -0.2) is 9.59 Å². The van der Waals surface area contributed by atoms with E-state index in [1.807, 2.05) is 0 Å². The molecule has 31 heavy (non-hydrogen) atoms. The summed E-state index contributed by atoms with van der Waals surface area (Å²) >= 11 is 5.85. The van der Waals surface area contributed by atoms with Crippen LogP contribution in [-0.2, 0) is 17.8 Å². The van der Waals surface area contributed by atoms with Crippen LogP contribution < -0.4 is 21.1 Å². The molecule has 1 heterocycles. The summed E-state index contributed by atoms with van der Waals surface area (Å²) in [6.45, 7) is -0.658. The van der Waals surface area contributed by atoms with Crippen molar-refractivity contribution in [3.8, 4) is 5.75 Å². The van der Waals surface area contributed by atoms with Crippen LogP contribution in [0.15, 0.2) is 57.7 Å². The zero-order valence-electron chi connectivity index (χ0n) is 16.4. The molecule has 3 rings (SSSR count). The molecule has 0 aliphatic rings. The SMILES string of the molecule is COc1ccc(C[C@H](NC(=O)Nc2ccc(Cl)cc2)c2nn(CC(=O)O)c(=O)o2)cc1. The van der Waals surface area contributed by atoms with Crippen molar-refractivity contribution in [3.05, 3.63) is 75.6 Å². The Morgan fingerprint density at radius 3 is 2.48 bits per heavy atom. The third kappa shape index (κ3) is 6.09. The van der Waals surface area contributed by atoms with Gasteiger partial charge in [0, 0.05) is 17.1 Å². The van der Waals surface area contributed by atoms with Crippen LogP contribution in [0.3, 0.4) is 0 Å². The van der Waals surface area contributed by atoms with Crippen molar-refractivity contribution < 1.29 is 23.8 Å². The van der Waals surface area contributed by atoms with Gasteiger partial charge in [0.25, 0.3) is 0 Å². The first kappa shape index (κ1) is 21.9. The van der Waals surface area contributed by atoms with Gasteiger partial charge < -0.3 is 24.9 Å². The number of aliphatic carboxylic acids is 1. The van der Waals surface area contributed by atoms with Gasteiger partial charge in [-0.1, -0.05) is 23.7 Å². The molecule has 0 radical (unpaired) electrons. The van der Waals surface area contributed by atoms with Crippen molar-refractivity contribution in [2.75, 3.05) is 12.4 Å². The molecular formula is C20H19ClN4O6. The van der Waals surface area contributed by atoms with Gasteiger partial charge in [0.05, 0.1) is 7.11 Å². The third-order valence-corrected chi connectivity index (χ3v) is 4.46. The highest BCUT2D eigenvalue weighted by molar-refractivity contribution is 6.30. The average molecular weight is 447 g/mol. The normalized spacial score (nSPS) is 11.5. The number of anilines is 1. The Morgan fingerprint density at radius 1 is 1.19 bits per heavy atom. The highest BCUT2D eigenvalue weighted by Crippen LogP contribution is 2.19. The molecule has 162 valence electrons. The lowest BCUT2D eigenvalue weighted by Gasteiger charge is -2.16. The summed E-state index contributed by atoms with van der Waals surface area (Å²) in [6, 6.07) is 12.2. The Hall–Kier alpha value is -3.79. The van der Waals surface area contributed by atoms with Gasteiger partial charge in [-0.05, 0) is 42.0 Å². The molecule has 0 aliphatic carbocycles. The van der Waals surface area contributed by atoms with E-state index >= 15 is 0 Å². The van der Waals surface area contributed by atoms with E-state index in [1.165, 1.54) is 0 Å². The summed E-state index contributed by atoms with van der Waals surface area (Å²) in [5.74, 6) is -1.64. The minimum atomic E-state index is -1.25. The predicted molar refractivity (Wildman–Crippen MR) is 111 cm³/mol. The van der Waals surface area contributed by atoms with Crippen LogP contribution in [0.2, 0.25) is 5.02 Å². The molecule has 1 atom stereocenters. The van der Waals surface area contributed by atoms with Gasteiger partial charge in [0.15, 0.2) is 0 Å². The summed E-state index contributed by atoms with van der Waals surface area (Å²) < 4.78 is 10.9. The summed E-state index contributed by atoms with van der Waals surface area (Å²) in [5.41, 5.74) is 1.30. The molecule has 0 saturated carbocycles. The lowest BCUT2D eigenvalue weighted by Crippen LogP contribution is -2.34. The average Bonchev–Trinajstić information content (AvgIpc) is 3.09. The Bertz CT molecular complexity index is 1110. The van der Waals surface area contributed by atoms with Crippen LogP contribution >= 0.6 is 11.6 Å². The second-order valence-electron chi connectivity index (χ2n) is 6.47. The van der Waals surface area contributed by atoms with E-state index in [0.717, 1.165) is 5.56 Å². The molecule has 0 spiro atoms. The number of carbonyl (C=O) groups excluding carboxylic acids is 1. The van der Waals surface area contributed by atoms with E-state index in [1.54, 1.807) is 55.6 Å². The summed E-state index contributed by atoms with van der Waals surface area (Å²) in [5, 5.41) is 18.7. The van der Waals surface area contributed by atoms with Crippen molar-refractivity contribution in [2.45, 2.75) is 19.0 Å². The number of methoxy groups -OCH3 is 1. The maximum Gasteiger partial charge on any atom is 0.437 e. The predicted octanol–water partition coefficient (Wildman–Crippen LogP) is 2.69. The van der Waals surface area contributed by atoms with Crippen LogP contribution in [0.1, 0.15) is 17.5 Å². The minimum Gasteiger partial charge on any atom is -0.497 e. The lowest BCUT2D eigenvalue weighted by molar-refractivity contribution is -0.138. The van der Waals surface area contributed by atoms with Crippen LogP contribution in [-0.4, -0.2) is 34.0 Å². The number of carbonyl (C=O) groups is 2. The minimum absolute atomic E-state index is 0.117. The van der Waals surface area contributed by atoms with Gasteiger partial charge >= 0.3 is 17.8 Å². The molecule has 3 aromatic rings. The van der Waals surface area contributed by atoms with Crippen molar-refractivity contribution in [2.24, 2.45) is 0 Å². The number of carboxylic acid groups (broad SMARTS) is 1. The fraction of sp³-hybridized carbons (Fsp3) is 0.200. The van der Waals surface area contributed by atoms with Crippen LogP contribution in [0.5, 0.6) is 5.75 Å². The summed E-state index contributed by atoms with van der Waals surface area (Å²) in [6.07, 6.45) is 0.227. The summed E-state index contributed by atoms with van der Waals surface area (Å²) in [7, 11) is 1.55. The van der Waals surface area contributed by atoms with Gasteiger partial charge in [-0.2, -0.15) is 4.68 Å². The Balaban J connectivity index is 1.82. The molecule has 10 nitrogen and oxygen atoms in total. The Morgan fingerprint density at radius 2 is 1.87 bits per heavy atom. The molecule has 1 aromatic heterocycles. The number of hydrogen-bond acceptors (Lipinski definition) is 6. The lowest BCUT2D eigenvalue weighted by atomic mass is 10.1. The number of carboxylic acids is 1. The number of aromatic nitrogens is 2. The largest absolute Gasteiger partial charge is 0.497 e. The quantitative estimate of drug-likeness (QED) is 0.484. The number of nitrogens with zero attached hydrogens (tertiary/aromatic N) is 2. The fourth-order valence-corrected chi connectivity index (χ4v) is 2.87. The monoisotopic (exact) mass is 446 g/mol. The number of halogens is 1. The first-order valence-corrected chi connectivity index (χ1v) is 9.47. The fourth-order valence-electron chi connectivity index (χ4n) is 2.75. The molecule has 0 unspecified atom stereocenters. The van der Waals surface area contributed by atoms with E-state index in [4.69, 9.17) is 25.9 Å². The maximum atomic E-state index is 12.5. The molecule has 0 saturated heterocycles. The smallest absolute Gasteiger partial charge is 0.437 e. The second kappa shape index (κ2) is 9.81. The number of ether oxygens (including phenoxy) is 1. The zero-order valence-corrected chi connectivity index (χ0v) is 17.1. The Labute approximate surface area is 181 Å². The zero-order chi connectivity index (χ0) is 22.4. The molecule has 2 amide bonds. The van der Waals surface area contributed by atoms with Crippen LogP contribution in [0.25, 0.3) is 0 Å². The van der Waals surface area contributed by atoms with Crippen LogP contribution in [0.4, 0.5) is 10.5 Å². The second-order valence-corrected chi connectivity index (χ2v) is 6.90. The highest BCUT2D eigenvalue weighted by Gasteiger charge is 2.23. The molecule has 0 aliphatic heterocycles. The number of urea groups is 1. The first-order valence-electron chi connectivity index (χ1n) is 9.09. The van der Waals surface area contributed by atoms with E-state index < -0.39 is 30.3 Å². The standard InChI is InChI=1S/C20H19ClN4O6/c1-30-15-8-2-12(3-9-15)10-16(18-24-25(11-17(26)27)20(29)31-18)23-19(28)22-14-6-4-13(21)5-7-14/h2-9,16H,10-11H2,1H3,(H,26,27)(H2,22,23,28)/t16-/m0/s1. The van der Waals surface area contributed by atoms with Crippen molar-refractivity contribution in [1.29, 1.82) is 0 Å². The summed E-state index contributed by atoms with van der Waals surface area (Å²) in [4.78, 5) is 35.4. The van der Waals surface area contributed by atoms with Gasteiger partial charge in [-0.15, -0.1) is 5.10 Å². The topological polar surface area (TPSA) is 136 Å². The van der Waals surface area contributed by atoms with Crippen molar-refractivity contribution in [3.63, 3.8) is 0 Å². The number of benzene rings is 2. The number of hydrogen-bond donors (Lipinski definition) is 3. The van der Waals surface area contributed by atoms with E-state index in [-0.39, 0.29) is 12.3 Å². The van der Waals surface area contributed by atoms with Gasteiger partial charge in [0.2, 0.25) is 5.89 Å². The third-order valence-electron chi connectivity index (χ3n) is 4.21. The molecule has 2 aromatic carbocycles. The van der Waals surface area contributed by atoms with E-state index in [9.17, 15) is 14.4 Å². The van der Waals surface area contributed by atoms with Gasteiger partial charge in [-0.3, -0.25) is 4.79 Å². The molecule has 3 N–H and O–H groups in total. The Kier molecular flexibility index (Phi) is 6.93. The molecule has 11 heteroatoms. The highest BCUT2D eigenvalue weighted by atomic mass is 35.5. The molecular weight excluding hydrogens is 428 g/mol. The van der Waals surface area contributed by atoms with Crippen molar-refractivity contribution in [1.82, 2.24) is 15.1 Å². The van der Waals surface area contributed by atoms with E-state index in [0.29, 0.717) is 21.1 Å². The first-order chi connectivity index (χ1) is 14.8. The van der Waals surface area contributed by atoms with Gasteiger partial charge in [0.1, 0.15) is 18.3 Å². The number of amides is 2. The van der Waals surface area contributed by atoms with E-state index in [2.05, 4.69) is 15.7 Å². The molecule has 0 fully saturated rings. The number of rotatable bonds is 8. The number of nitrogens with one attached hydrogen (secondary N) is 2.